The van der Waals surface area contributed by atoms with Gasteiger partial charge in [0, 0.05) is 11.8 Å². The molecule has 1 aromatic heterocycles. The summed E-state index contributed by atoms with van der Waals surface area (Å²) in [5.41, 5.74) is 2.29. The molecule has 3 rings (SSSR count). The highest BCUT2D eigenvalue weighted by molar-refractivity contribution is 7.99. The minimum atomic E-state index is 0.492. The summed E-state index contributed by atoms with van der Waals surface area (Å²) in [7, 11) is 0. The fourth-order valence-corrected chi connectivity index (χ4v) is 4.08. The normalized spacial score (nSPS) is 20.4. The van der Waals surface area contributed by atoms with Gasteiger partial charge in [0.05, 0.1) is 16.9 Å². The first-order chi connectivity index (χ1) is 8.88. The zero-order valence-electron chi connectivity index (χ0n) is 10.3. The molecule has 1 fully saturated rings. The Balaban J connectivity index is 1.93. The summed E-state index contributed by atoms with van der Waals surface area (Å²) < 4.78 is 2.31. The van der Waals surface area contributed by atoms with Crippen molar-refractivity contribution in [2.45, 2.75) is 36.9 Å². The van der Waals surface area contributed by atoms with Crippen LogP contribution in [0.2, 0.25) is 0 Å². The smallest absolute Gasteiger partial charge is 0.124 e. The molecule has 1 aromatic carbocycles. The number of aromatic nitrogens is 2. The predicted octanol–water partition coefficient (Wildman–Crippen LogP) is 4.06. The molecule has 96 valence electrons. The molecule has 2 heterocycles. The third-order valence-corrected chi connectivity index (χ3v) is 5.13. The standard InChI is InChI=1S/C14H17ClN2S/c15-9-14-16-12-6-1-2-7-13(12)17(14)10-11-5-3-4-8-18-11/h1-2,6-7,11H,3-5,8-10H2. The van der Waals surface area contributed by atoms with E-state index in [-0.39, 0.29) is 0 Å². The average Bonchev–Trinajstić information content (AvgIpc) is 2.78. The van der Waals surface area contributed by atoms with E-state index < -0.39 is 0 Å². The number of nitrogens with zero attached hydrogens (tertiary/aromatic N) is 2. The lowest BCUT2D eigenvalue weighted by Gasteiger charge is -2.22. The minimum Gasteiger partial charge on any atom is -0.326 e. The zero-order chi connectivity index (χ0) is 12.4. The second-order valence-electron chi connectivity index (χ2n) is 4.75. The molecule has 1 atom stereocenters. The molecule has 2 nitrogen and oxygen atoms in total. The summed E-state index contributed by atoms with van der Waals surface area (Å²) in [4.78, 5) is 4.62. The van der Waals surface area contributed by atoms with Gasteiger partial charge < -0.3 is 4.57 Å². The molecule has 0 bridgehead atoms. The van der Waals surface area contributed by atoms with Crippen LogP contribution in [-0.2, 0) is 12.4 Å². The first-order valence-corrected chi connectivity index (χ1v) is 8.08. The first kappa shape index (κ1) is 12.4. The Morgan fingerprint density at radius 1 is 1.33 bits per heavy atom. The van der Waals surface area contributed by atoms with Gasteiger partial charge in [-0.05, 0) is 30.7 Å². The molecule has 0 amide bonds. The van der Waals surface area contributed by atoms with Crippen molar-refractivity contribution in [3.05, 3.63) is 30.1 Å². The van der Waals surface area contributed by atoms with Gasteiger partial charge in [-0.15, -0.1) is 11.6 Å². The second kappa shape index (κ2) is 5.54. The van der Waals surface area contributed by atoms with Crippen LogP contribution in [-0.4, -0.2) is 20.6 Å². The fourth-order valence-electron chi connectivity index (χ4n) is 2.59. The van der Waals surface area contributed by atoms with Crippen LogP contribution in [0.5, 0.6) is 0 Å². The molecule has 0 N–H and O–H groups in total. The number of halogens is 1. The van der Waals surface area contributed by atoms with Crippen molar-refractivity contribution < 1.29 is 0 Å². The van der Waals surface area contributed by atoms with Crippen molar-refractivity contribution >= 4 is 34.4 Å². The van der Waals surface area contributed by atoms with Gasteiger partial charge in [0.25, 0.3) is 0 Å². The number of hydrogen-bond acceptors (Lipinski definition) is 2. The van der Waals surface area contributed by atoms with Gasteiger partial charge in [-0.2, -0.15) is 11.8 Å². The number of benzene rings is 1. The van der Waals surface area contributed by atoms with Gasteiger partial charge in [-0.1, -0.05) is 18.6 Å². The maximum absolute atomic E-state index is 6.03. The van der Waals surface area contributed by atoms with Crippen molar-refractivity contribution in [3.8, 4) is 0 Å². The molecule has 1 aliphatic heterocycles. The number of hydrogen-bond donors (Lipinski definition) is 0. The van der Waals surface area contributed by atoms with E-state index in [4.69, 9.17) is 11.6 Å². The van der Waals surface area contributed by atoms with Crippen LogP contribution >= 0.6 is 23.4 Å². The van der Waals surface area contributed by atoms with E-state index in [1.807, 2.05) is 6.07 Å². The molecule has 18 heavy (non-hydrogen) atoms. The Bertz CT molecular complexity index is 532. The first-order valence-electron chi connectivity index (χ1n) is 6.50. The molecule has 1 aliphatic rings. The van der Waals surface area contributed by atoms with Gasteiger partial charge in [0.15, 0.2) is 0 Å². The van der Waals surface area contributed by atoms with E-state index in [0.29, 0.717) is 5.88 Å². The maximum Gasteiger partial charge on any atom is 0.124 e. The van der Waals surface area contributed by atoms with E-state index in [0.717, 1.165) is 23.1 Å². The topological polar surface area (TPSA) is 17.8 Å². The lowest BCUT2D eigenvalue weighted by atomic mass is 10.2. The predicted molar refractivity (Wildman–Crippen MR) is 79.4 cm³/mol. The van der Waals surface area contributed by atoms with Crippen molar-refractivity contribution in [1.82, 2.24) is 9.55 Å². The van der Waals surface area contributed by atoms with Crippen LogP contribution in [0, 0.1) is 0 Å². The highest BCUT2D eigenvalue weighted by atomic mass is 35.5. The molecular weight excluding hydrogens is 264 g/mol. The van der Waals surface area contributed by atoms with Crippen molar-refractivity contribution in [3.63, 3.8) is 0 Å². The van der Waals surface area contributed by atoms with E-state index >= 15 is 0 Å². The van der Waals surface area contributed by atoms with E-state index in [2.05, 4.69) is 39.5 Å². The number of imidazole rings is 1. The van der Waals surface area contributed by atoms with Crippen molar-refractivity contribution in [2.75, 3.05) is 5.75 Å². The Labute approximate surface area is 117 Å². The Morgan fingerprint density at radius 3 is 3.00 bits per heavy atom. The van der Waals surface area contributed by atoms with Crippen LogP contribution < -0.4 is 0 Å². The summed E-state index contributed by atoms with van der Waals surface area (Å²) in [6, 6.07) is 8.32. The van der Waals surface area contributed by atoms with E-state index in [9.17, 15) is 0 Å². The van der Waals surface area contributed by atoms with Gasteiger partial charge in [0.1, 0.15) is 5.82 Å². The lowest BCUT2D eigenvalue weighted by Crippen LogP contribution is -2.18. The third-order valence-electron chi connectivity index (χ3n) is 3.51. The molecule has 1 saturated heterocycles. The Kier molecular flexibility index (Phi) is 3.80. The third kappa shape index (κ3) is 2.39. The Hall–Kier alpha value is -0.670. The molecule has 0 radical (unpaired) electrons. The van der Waals surface area contributed by atoms with Crippen LogP contribution in [0.3, 0.4) is 0 Å². The lowest BCUT2D eigenvalue weighted by molar-refractivity contribution is 0.582. The highest BCUT2D eigenvalue weighted by Crippen LogP contribution is 2.28. The monoisotopic (exact) mass is 280 g/mol. The summed E-state index contributed by atoms with van der Waals surface area (Å²) in [6.45, 7) is 1.05. The van der Waals surface area contributed by atoms with Gasteiger partial charge in [-0.25, -0.2) is 4.98 Å². The zero-order valence-corrected chi connectivity index (χ0v) is 11.9. The molecular formula is C14H17ClN2S. The molecule has 0 spiro atoms. The number of thioether (sulfide) groups is 1. The highest BCUT2D eigenvalue weighted by Gasteiger charge is 2.17. The van der Waals surface area contributed by atoms with E-state index in [1.165, 1.54) is 30.5 Å². The molecule has 1 unspecified atom stereocenters. The van der Waals surface area contributed by atoms with Gasteiger partial charge >= 0.3 is 0 Å². The average molecular weight is 281 g/mol. The molecule has 0 saturated carbocycles. The van der Waals surface area contributed by atoms with Crippen molar-refractivity contribution in [2.24, 2.45) is 0 Å². The number of para-hydroxylation sites is 2. The SMILES string of the molecule is ClCc1nc2ccccc2n1CC1CCCCS1. The minimum absolute atomic E-state index is 0.492. The molecule has 4 heteroatoms. The van der Waals surface area contributed by atoms with Crippen LogP contribution in [0.1, 0.15) is 25.1 Å². The van der Waals surface area contributed by atoms with Crippen LogP contribution in [0.4, 0.5) is 0 Å². The van der Waals surface area contributed by atoms with E-state index in [1.54, 1.807) is 0 Å². The number of alkyl halides is 1. The summed E-state index contributed by atoms with van der Waals surface area (Å²) in [6.07, 6.45) is 4.05. The Morgan fingerprint density at radius 2 is 2.22 bits per heavy atom. The summed E-state index contributed by atoms with van der Waals surface area (Å²) in [5.74, 6) is 2.79. The maximum atomic E-state index is 6.03. The number of fused-ring (bicyclic) bond motifs is 1. The quantitative estimate of drug-likeness (QED) is 0.789. The summed E-state index contributed by atoms with van der Waals surface area (Å²) >= 11 is 8.13. The molecule has 2 aromatic rings. The summed E-state index contributed by atoms with van der Waals surface area (Å²) in [5, 5.41) is 0.721. The second-order valence-corrected chi connectivity index (χ2v) is 6.43. The molecule has 0 aliphatic carbocycles. The van der Waals surface area contributed by atoms with Crippen LogP contribution in [0.25, 0.3) is 11.0 Å². The van der Waals surface area contributed by atoms with Gasteiger partial charge in [-0.3, -0.25) is 0 Å². The largest absolute Gasteiger partial charge is 0.326 e. The van der Waals surface area contributed by atoms with Crippen LogP contribution in [0.15, 0.2) is 24.3 Å². The fraction of sp³-hybridized carbons (Fsp3) is 0.500. The number of rotatable bonds is 3. The van der Waals surface area contributed by atoms with Crippen molar-refractivity contribution in [1.29, 1.82) is 0 Å². The van der Waals surface area contributed by atoms with Gasteiger partial charge in [0.2, 0.25) is 0 Å².